The number of hydrogen-bond donors (Lipinski definition) is 1. The molecule has 0 amide bonds. The quantitative estimate of drug-likeness (QED) is 0.410. The Kier molecular flexibility index (Phi) is 6.87. The second kappa shape index (κ2) is 8.94. The number of nitro benzene ring substituents is 1. The maximum atomic E-state index is 13.0. The van der Waals surface area contributed by atoms with Crippen molar-refractivity contribution < 1.29 is 13.3 Å². The molecule has 0 aliphatic rings. The van der Waals surface area contributed by atoms with E-state index in [4.69, 9.17) is 0 Å². The smallest absolute Gasteiger partial charge is 0.270 e. The summed E-state index contributed by atoms with van der Waals surface area (Å²) in [6.45, 7) is 7.70. The van der Waals surface area contributed by atoms with Crippen molar-refractivity contribution in [2.24, 2.45) is 5.10 Å². The molecule has 0 aromatic heterocycles. The number of nitro groups is 1. The van der Waals surface area contributed by atoms with Crippen molar-refractivity contribution in [2.75, 3.05) is 18.5 Å². The average Bonchev–Trinajstić information content (AvgIpc) is 2.67. The highest BCUT2D eigenvalue weighted by Gasteiger charge is 2.27. The van der Waals surface area contributed by atoms with Gasteiger partial charge in [-0.25, -0.2) is 8.42 Å². The Labute approximate surface area is 165 Å². The molecule has 8 nitrogen and oxygen atoms in total. The molecule has 0 atom stereocenters. The van der Waals surface area contributed by atoms with E-state index in [-0.39, 0.29) is 29.4 Å². The summed E-state index contributed by atoms with van der Waals surface area (Å²) in [6, 6.07) is 11.4. The van der Waals surface area contributed by atoms with Crippen LogP contribution in [0.25, 0.3) is 0 Å². The standard InChI is InChI=1S/C19H24N4O4S/c1-5-22(6-2)28(26,27)19-13-16(23(24)25)11-12-18(19)21-20-15(4)17-10-8-7-9-14(17)3/h7-13,21H,5-6H2,1-4H3/b20-15-. The van der Waals surface area contributed by atoms with Crippen LogP contribution >= 0.6 is 0 Å². The minimum absolute atomic E-state index is 0.174. The van der Waals surface area contributed by atoms with Crippen LogP contribution in [0.15, 0.2) is 52.5 Å². The summed E-state index contributed by atoms with van der Waals surface area (Å²) in [4.78, 5) is 10.3. The van der Waals surface area contributed by atoms with Crippen LogP contribution in [0.1, 0.15) is 31.9 Å². The lowest BCUT2D eigenvalue weighted by Crippen LogP contribution is -2.31. The molecule has 9 heteroatoms. The van der Waals surface area contributed by atoms with Crippen LogP contribution in [-0.2, 0) is 10.0 Å². The summed E-state index contributed by atoms with van der Waals surface area (Å²) >= 11 is 0. The van der Waals surface area contributed by atoms with Gasteiger partial charge in [0, 0.05) is 30.8 Å². The van der Waals surface area contributed by atoms with Crippen LogP contribution in [-0.4, -0.2) is 36.4 Å². The summed E-state index contributed by atoms with van der Waals surface area (Å²) in [7, 11) is -3.91. The third-order valence-electron chi connectivity index (χ3n) is 4.38. The maximum absolute atomic E-state index is 13.0. The minimum Gasteiger partial charge on any atom is -0.277 e. The van der Waals surface area contributed by atoms with Crippen LogP contribution < -0.4 is 5.43 Å². The van der Waals surface area contributed by atoms with E-state index < -0.39 is 14.9 Å². The first kappa shape index (κ1) is 21.5. The van der Waals surface area contributed by atoms with Gasteiger partial charge in [-0.05, 0) is 25.5 Å². The predicted octanol–water partition coefficient (Wildman–Crippen LogP) is 3.77. The van der Waals surface area contributed by atoms with Gasteiger partial charge in [-0.2, -0.15) is 9.41 Å². The van der Waals surface area contributed by atoms with Crippen molar-refractivity contribution in [3.05, 3.63) is 63.7 Å². The Bertz CT molecular complexity index is 999. The van der Waals surface area contributed by atoms with Gasteiger partial charge in [-0.15, -0.1) is 0 Å². The van der Waals surface area contributed by atoms with Gasteiger partial charge in [0.25, 0.3) is 5.69 Å². The number of aryl methyl sites for hydroxylation is 1. The Balaban J connectivity index is 2.51. The highest BCUT2D eigenvalue weighted by molar-refractivity contribution is 7.89. The summed E-state index contributed by atoms with van der Waals surface area (Å²) in [6.07, 6.45) is 0. The van der Waals surface area contributed by atoms with Gasteiger partial charge in [0.2, 0.25) is 10.0 Å². The van der Waals surface area contributed by atoms with Gasteiger partial charge >= 0.3 is 0 Å². The molecule has 0 heterocycles. The molecule has 2 rings (SSSR count). The van der Waals surface area contributed by atoms with E-state index >= 15 is 0 Å². The fraction of sp³-hybridized carbons (Fsp3) is 0.316. The van der Waals surface area contributed by atoms with Gasteiger partial charge in [0.15, 0.2) is 0 Å². The zero-order chi connectivity index (χ0) is 20.9. The molecule has 0 unspecified atom stereocenters. The summed E-state index contributed by atoms with van der Waals surface area (Å²) in [5.41, 5.74) is 5.29. The van der Waals surface area contributed by atoms with Gasteiger partial charge < -0.3 is 0 Å². The van der Waals surface area contributed by atoms with E-state index in [0.717, 1.165) is 17.2 Å². The molecule has 0 fully saturated rings. The van der Waals surface area contributed by atoms with E-state index in [1.165, 1.54) is 16.4 Å². The molecular formula is C19H24N4O4S. The number of anilines is 1. The number of benzene rings is 2. The predicted molar refractivity (Wildman–Crippen MR) is 110 cm³/mol. The molecule has 0 spiro atoms. The molecule has 28 heavy (non-hydrogen) atoms. The first-order valence-corrected chi connectivity index (χ1v) is 10.3. The van der Waals surface area contributed by atoms with E-state index in [2.05, 4.69) is 10.5 Å². The molecule has 0 aliphatic heterocycles. The minimum atomic E-state index is -3.91. The molecule has 0 aliphatic carbocycles. The lowest BCUT2D eigenvalue weighted by atomic mass is 10.1. The first-order chi connectivity index (χ1) is 13.2. The number of nitrogens with one attached hydrogen (secondary N) is 1. The lowest BCUT2D eigenvalue weighted by molar-refractivity contribution is -0.385. The fourth-order valence-electron chi connectivity index (χ4n) is 2.82. The number of non-ortho nitro benzene ring substituents is 1. The topological polar surface area (TPSA) is 105 Å². The Hall–Kier alpha value is -2.78. The van der Waals surface area contributed by atoms with E-state index in [0.29, 0.717) is 5.71 Å². The summed E-state index contributed by atoms with van der Waals surface area (Å²) in [5, 5.41) is 15.4. The number of sulfonamides is 1. The monoisotopic (exact) mass is 404 g/mol. The molecule has 0 bridgehead atoms. The number of hydrogen-bond acceptors (Lipinski definition) is 6. The Morgan fingerprint density at radius 2 is 1.82 bits per heavy atom. The first-order valence-electron chi connectivity index (χ1n) is 8.87. The number of nitrogens with zero attached hydrogens (tertiary/aromatic N) is 3. The SMILES string of the molecule is CCN(CC)S(=O)(=O)c1cc([N+](=O)[O-])ccc1N/N=C(/C)c1ccccc1C. The van der Waals surface area contributed by atoms with Crippen molar-refractivity contribution in [1.29, 1.82) is 0 Å². The van der Waals surface area contributed by atoms with Crippen LogP contribution in [0.4, 0.5) is 11.4 Å². The van der Waals surface area contributed by atoms with Crippen LogP contribution in [0.2, 0.25) is 0 Å². The largest absolute Gasteiger partial charge is 0.277 e. The average molecular weight is 404 g/mol. The molecular weight excluding hydrogens is 380 g/mol. The highest BCUT2D eigenvalue weighted by atomic mass is 32.2. The van der Waals surface area contributed by atoms with Crippen molar-refractivity contribution >= 4 is 27.1 Å². The van der Waals surface area contributed by atoms with Gasteiger partial charge in [0.05, 0.1) is 16.3 Å². The Morgan fingerprint density at radius 3 is 2.39 bits per heavy atom. The number of rotatable bonds is 8. The lowest BCUT2D eigenvalue weighted by Gasteiger charge is -2.20. The molecule has 0 saturated carbocycles. The van der Waals surface area contributed by atoms with E-state index in [1.807, 2.05) is 31.2 Å². The number of hydrazone groups is 1. The Morgan fingerprint density at radius 1 is 1.18 bits per heavy atom. The molecule has 150 valence electrons. The summed E-state index contributed by atoms with van der Waals surface area (Å²) in [5.74, 6) is 0. The second-order valence-electron chi connectivity index (χ2n) is 6.15. The van der Waals surface area contributed by atoms with Crippen molar-refractivity contribution in [2.45, 2.75) is 32.6 Å². The third-order valence-corrected chi connectivity index (χ3v) is 6.47. The van der Waals surface area contributed by atoms with E-state index in [9.17, 15) is 18.5 Å². The van der Waals surface area contributed by atoms with Crippen LogP contribution in [0, 0.1) is 17.0 Å². The van der Waals surface area contributed by atoms with Crippen molar-refractivity contribution in [1.82, 2.24) is 4.31 Å². The zero-order valence-electron chi connectivity index (χ0n) is 16.3. The zero-order valence-corrected chi connectivity index (χ0v) is 17.2. The van der Waals surface area contributed by atoms with Crippen molar-refractivity contribution in [3.63, 3.8) is 0 Å². The summed E-state index contributed by atoms with van der Waals surface area (Å²) < 4.78 is 27.2. The van der Waals surface area contributed by atoms with Crippen molar-refractivity contribution in [3.8, 4) is 0 Å². The molecule has 0 saturated heterocycles. The molecule has 1 N–H and O–H groups in total. The van der Waals surface area contributed by atoms with Gasteiger partial charge in [-0.3, -0.25) is 15.5 Å². The van der Waals surface area contributed by atoms with Crippen LogP contribution in [0.3, 0.4) is 0 Å². The van der Waals surface area contributed by atoms with Crippen LogP contribution in [0.5, 0.6) is 0 Å². The third kappa shape index (κ3) is 4.55. The van der Waals surface area contributed by atoms with Gasteiger partial charge in [0.1, 0.15) is 4.90 Å². The molecule has 0 radical (unpaired) electrons. The fourth-order valence-corrected chi connectivity index (χ4v) is 4.44. The van der Waals surface area contributed by atoms with E-state index in [1.54, 1.807) is 20.8 Å². The normalized spacial score (nSPS) is 12.2. The maximum Gasteiger partial charge on any atom is 0.270 e. The molecule has 2 aromatic carbocycles. The second-order valence-corrected chi connectivity index (χ2v) is 8.06. The molecule has 2 aromatic rings. The van der Waals surface area contributed by atoms with Gasteiger partial charge in [-0.1, -0.05) is 38.1 Å². The highest BCUT2D eigenvalue weighted by Crippen LogP contribution is 2.29.